The summed E-state index contributed by atoms with van der Waals surface area (Å²) in [5, 5.41) is 8.30. The number of alkyl halides is 3. The Hall–Kier alpha value is -0.960. The summed E-state index contributed by atoms with van der Waals surface area (Å²) in [6, 6.07) is 1.44. The van der Waals surface area contributed by atoms with Crippen molar-refractivity contribution in [3.8, 4) is 6.07 Å². The summed E-state index contributed by atoms with van der Waals surface area (Å²) in [6.07, 6.45) is -3.49. The number of aromatic amines is 1. The van der Waals surface area contributed by atoms with Crippen LogP contribution in [0.5, 0.6) is 0 Å². The molecular formula is C6H2BrF3N2. The van der Waals surface area contributed by atoms with Crippen molar-refractivity contribution in [1.29, 1.82) is 5.26 Å². The van der Waals surface area contributed by atoms with Crippen LogP contribution in [-0.4, -0.2) is 4.98 Å². The summed E-state index contributed by atoms with van der Waals surface area (Å²) in [7, 11) is 0. The number of nitrogens with one attached hydrogen (secondary N) is 1. The van der Waals surface area contributed by atoms with Gasteiger partial charge in [0, 0.05) is 6.20 Å². The molecule has 0 aliphatic carbocycles. The van der Waals surface area contributed by atoms with Crippen molar-refractivity contribution < 1.29 is 13.2 Å². The molecule has 1 rings (SSSR count). The molecule has 6 heteroatoms. The van der Waals surface area contributed by atoms with Crippen LogP contribution in [0.15, 0.2) is 10.8 Å². The quantitative estimate of drug-likeness (QED) is 0.742. The fourth-order valence-corrected chi connectivity index (χ4v) is 1.32. The number of nitriles is 1. The number of halogens is 4. The first-order valence-electron chi connectivity index (χ1n) is 2.81. The molecule has 1 heterocycles. The largest absolute Gasteiger partial charge is 0.420 e. The normalized spacial score (nSPS) is 11.2. The molecule has 12 heavy (non-hydrogen) atoms. The van der Waals surface area contributed by atoms with Gasteiger partial charge in [0.15, 0.2) is 0 Å². The second-order valence-corrected chi connectivity index (χ2v) is 2.79. The van der Waals surface area contributed by atoms with E-state index in [-0.39, 0.29) is 4.60 Å². The lowest BCUT2D eigenvalue weighted by atomic mass is 10.2. The molecule has 0 spiro atoms. The summed E-state index contributed by atoms with van der Waals surface area (Å²) in [4.78, 5) is 2.27. The fraction of sp³-hybridized carbons (Fsp3) is 0.167. The van der Waals surface area contributed by atoms with Gasteiger partial charge in [-0.25, -0.2) is 0 Å². The maximum absolute atomic E-state index is 12.1. The molecule has 0 fully saturated rings. The number of nitrogens with zero attached hydrogens (tertiary/aromatic N) is 1. The minimum absolute atomic E-state index is 0.216. The molecule has 0 radical (unpaired) electrons. The van der Waals surface area contributed by atoms with Gasteiger partial charge in [0.05, 0.1) is 10.2 Å². The Balaban J connectivity index is 3.32. The van der Waals surface area contributed by atoms with Gasteiger partial charge in [0.1, 0.15) is 11.6 Å². The Morgan fingerprint density at radius 3 is 2.42 bits per heavy atom. The number of hydrogen-bond acceptors (Lipinski definition) is 1. The predicted molar refractivity (Wildman–Crippen MR) is 38.2 cm³/mol. The van der Waals surface area contributed by atoms with E-state index in [2.05, 4.69) is 20.9 Å². The van der Waals surface area contributed by atoms with Crippen LogP contribution in [0.3, 0.4) is 0 Å². The van der Waals surface area contributed by atoms with E-state index in [4.69, 9.17) is 5.26 Å². The van der Waals surface area contributed by atoms with Crippen molar-refractivity contribution in [2.75, 3.05) is 0 Å². The average molecular weight is 239 g/mol. The van der Waals surface area contributed by atoms with E-state index in [1.54, 1.807) is 0 Å². The van der Waals surface area contributed by atoms with E-state index in [1.165, 1.54) is 6.07 Å². The first-order chi connectivity index (χ1) is 5.46. The second kappa shape index (κ2) is 2.83. The third-order valence-corrected chi connectivity index (χ3v) is 1.86. The lowest BCUT2D eigenvalue weighted by molar-refractivity contribution is -0.138. The van der Waals surface area contributed by atoms with Crippen LogP contribution in [0, 0.1) is 11.3 Å². The lowest BCUT2D eigenvalue weighted by Crippen LogP contribution is -2.06. The van der Waals surface area contributed by atoms with Gasteiger partial charge in [-0.05, 0) is 15.9 Å². The molecule has 0 atom stereocenters. The first kappa shape index (κ1) is 9.13. The van der Waals surface area contributed by atoms with Crippen LogP contribution >= 0.6 is 15.9 Å². The SMILES string of the molecule is N#Cc1c[nH]c(Br)c1C(F)(F)F. The summed E-state index contributed by atoms with van der Waals surface area (Å²) in [5.74, 6) is 0. The minimum atomic E-state index is -4.50. The van der Waals surface area contributed by atoms with Crippen LogP contribution in [0.1, 0.15) is 11.1 Å². The molecule has 0 unspecified atom stereocenters. The van der Waals surface area contributed by atoms with Crippen molar-refractivity contribution in [3.63, 3.8) is 0 Å². The smallest absolute Gasteiger partial charge is 0.354 e. The third-order valence-electron chi connectivity index (χ3n) is 1.24. The zero-order valence-corrected chi connectivity index (χ0v) is 7.12. The van der Waals surface area contributed by atoms with E-state index in [1.807, 2.05) is 0 Å². The van der Waals surface area contributed by atoms with Gasteiger partial charge in [-0.1, -0.05) is 0 Å². The third kappa shape index (κ3) is 1.46. The Morgan fingerprint density at radius 2 is 2.08 bits per heavy atom. The van der Waals surface area contributed by atoms with Gasteiger partial charge in [-0.2, -0.15) is 18.4 Å². The highest BCUT2D eigenvalue weighted by Gasteiger charge is 2.37. The summed E-state index contributed by atoms with van der Waals surface area (Å²) in [5.41, 5.74) is -1.36. The Morgan fingerprint density at radius 1 is 1.50 bits per heavy atom. The van der Waals surface area contributed by atoms with Crippen LogP contribution in [0.25, 0.3) is 0 Å². The molecule has 0 saturated carbocycles. The van der Waals surface area contributed by atoms with Crippen LogP contribution in [0.2, 0.25) is 0 Å². The van der Waals surface area contributed by atoms with Gasteiger partial charge >= 0.3 is 6.18 Å². The zero-order chi connectivity index (χ0) is 9.35. The molecule has 64 valence electrons. The molecule has 1 aromatic heterocycles. The fourth-order valence-electron chi connectivity index (χ4n) is 0.763. The van der Waals surface area contributed by atoms with E-state index in [0.29, 0.717) is 0 Å². The van der Waals surface area contributed by atoms with Crippen molar-refractivity contribution >= 4 is 15.9 Å². The first-order valence-corrected chi connectivity index (χ1v) is 3.60. The molecule has 1 N–H and O–H groups in total. The van der Waals surface area contributed by atoms with Crippen molar-refractivity contribution in [1.82, 2.24) is 4.98 Å². The van der Waals surface area contributed by atoms with Gasteiger partial charge in [0.2, 0.25) is 0 Å². The summed E-state index contributed by atoms with van der Waals surface area (Å²) < 4.78 is 36.2. The van der Waals surface area contributed by atoms with Gasteiger partial charge in [-0.3, -0.25) is 0 Å². The standard InChI is InChI=1S/C6H2BrF3N2/c7-5-4(6(8,9)10)3(1-11)2-12-5/h2,12H. The Bertz CT molecular complexity index is 334. The number of rotatable bonds is 0. The Kier molecular flexibility index (Phi) is 2.15. The molecule has 0 aliphatic heterocycles. The van der Waals surface area contributed by atoms with E-state index in [0.717, 1.165) is 6.20 Å². The van der Waals surface area contributed by atoms with Crippen molar-refractivity contribution in [2.24, 2.45) is 0 Å². The average Bonchev–Trinajstić information content (AvgIpc) is 2.29. The van der Waals surface area contributed by atoms with E-state index < -0.39 is 17.3 Å². The van der Waals surface area contributed by atoms with E-state index in [9.17, 15) is 13.2 Å². The van der Waals surface area contributed by atoms with Gasteiger partial charge < -0.3 is 4.98 Å². The number of hydrogen-bond donors (Lipinski definition) is 1. The molecule has 0 aliphatic rings. The topological polar surface area (TPSA) is 39.6 Å². The molecule has 1 aromatic rings. The van der Waals surface area contributed by atoms with Gasteiger partial charge in [0.25, 0.3) is 0 Å². The number of aromatic nitrogens is 1. The predicted octanol–water partition coefficient (Wildman–Crippen LogP) is 2.67. The highest BCUT2D eigenvalue weighted by atomic mass is 79.9. The second-order valence-electron chi connectivity index (χ2n) is 2.00. The summed E-state index contributed by atoms with van der Waals surface area (Å²) in [6.45, 7) is 0. The molecule has 0 bridgehead atoms. The van der Waals surface area contributed by atoms with Gasteiger partial charge in [-0.15, -0.1) is 0 Å². The highest BCUT2D eigenvalue weighted by Crippen LogP contribution is 2.36. The molecule has 0 amide bonds. The highest BCUT2D eigenvalue weighted by molar-refractivity contribution is 9.10. The molecular weight excluding hydrogens is 237 g/mol. The Labute approximate surface area is 74.1 Å². The van der Waals surface area contributed by atoms with Crippen LogP contribution < -0.4 is 0 Å². The molecule has 0 saturated heterocycles. The minimum Gasteiger partial charge on any atom is -0.354 e. The van der Waals surface area contributed by atoms with E-state index >= 15 is 0 Å². The molecule has 2 nitrogen and oxygen atoms in total. The molecule has 0 aromatic carbocycles. The van der Waals surface area contributed by atoms with Crippen molar-refractivity contribution in [2.45, 2.75) is 6.18 Å². The maximum atomic E-state index is 12.1. The van der Waals surface area contributed by atoms with Crippen molar-refractivity contribution in [3.05, 3.63) is 21.9 Å². The lowest BCUT2D eigenvalue weighted by Gasteiger charge is -2.04. The van der Waals surface area contributed by atoms with Crippen LogP contribution in [-0.2, 0) is 6.18 Å². The number of H-pyrrole nitrogens is 1. The zero-order valence-electron chi connectivity index (χ0n) is 5.54. The summed E-state index contributed by atoms with van der Waals surface area (Å²) >= 11 is 2.67. The maximum Gasteiger partial charge on any atom is 0.420 e. The monoisotopic (exact) mass is 238 g/mol. The van der Waals surface area contributed by atoms with Crippen LogP contribution in [0.4, 0.5) is 13.2 Å².